The molecule has 1 unspecified atom stereocenters. The first kappa shape index (κ1) is 13.3. The summed E-state index contributed by atoms with van der Waals surface area (Å²) in [7, 11) is 0. The normalized spacial score (nSPS) is 12.8. The number of hydrogen-bond acceptors (Lipinski definition) is 3. The van der Waals surface area contributed by atoms with Gasteiger partial charge in [0.05, 0.1) is 6.10 Å². The molecule has 0 saturated heterocycles. The molecule has 2 heterocycles. The zero-order valence-electron chi connectivity index (χ0n) is 9.43. The maximum absolute atomic E-state index is 9.94. The lowest BCUT2D eigenvalue weighted by molar-refractivity contribution is 0.163. The second-order valence-electron chi connectivity index (χ2n) is 4.06. The molecule has 0 aliphatic rings. The minimum absolute atomic E-state index is 0.208. The van der Waals surface area contributed by atoms with E-state index in [1.165, 1.54) is 9.75 Å². The number of thiophene rings is 2. The second kappa shape index (κ2) is 6.69. The van der Waals surface area contributed by atoms with Gasteiger partial charge >= 0.3 is 0 Å². The van der Waals surface area contributed by atoms with Gasteiger partial charge in [0.2, 0.25) is 0 Å². The Hall–Kier alpha value is -0.160. The van der Waals surface area contributed by atoms with Gasteiger partial charge in [-0.25, -0.2) is 0 Å². The predicted molar refractivity (Wildman–Crippen MR) is 79.0 cm³/mol. The molecule has 1 N–H and O–H groups in total. The SMILES string of the molecule is OC(CCCc1cccs1)Cc1cc(Br)cs1. The monoisotopic (exact) mass is 330 g/mol. The van der Waals surface area contributed by atoms with E-state index in [4.69, 9.17) is 0 Å². The summed E-state index contributed by atoms with van der Waals surface area (Å²) in [6, 6.07) is 6.33. The Balaban J connectivity index is 1.69. The van der Waals surface area contributed by atoms with Crippen molar-refractivity contribution < 1.29 is 5.11 Å². The van der Waals surface area contributed by atoms with E-state index in [1.54, 1.807) is 22.7 Å². The standard InChI is InChI=1S/C13H15BrOS2/c14-10-7-13(17-9-10)8-11(15)3-1-4-12-5-2-6-16-12/h2,5-7,9,11,15H,1,3-4,8H2. The van der Waals surface area contributed by atoms with Crippen LogP contribution in [0.25, 0.3) is 0 Å². The Bertz CT molecular complexity index is 436. The van der Waals surface area contributed by atoms with E-state index < -0.39 is 0 Å². The minimum atomic E-state index is -0.208. The third-order valence-corrected chi connectivity index (χ3v) is 5.26. The van der Waals surface area contributed by atoms with Crippen LogP contribution >= 0.6 is 38.6 Å². The molecule has 1 atom stereocenters. The molecule has 92 valence electrons. The molecule has 0 spiro atoms. The van der Waals surface area contributed by atoms with Gasteiger partial charge in [0.25, 0.3) is 0 Å². The predicted octanol–water partition coefficient (Wildman–Crippen LogP) is 4.50. The number of aliphatic hydroxyl groups excluding tert-OH is 1. The number of aryl methyl sites for hydroxylation is 1. The quantitative estimate of drug-likeness (QED) is 0.826. The molecule has 0 radical (unpaired) electrons. The van der Waals surface area contributed by atoms with Gasteiger partial charge in [-0.1, -0.05) is 6.07 Å². The van der Waals surface area contributed by atoms with Crippen molar-refractivity contribution in [1.29, 1.82) is 0 Å². The molecule has 0 aliphatic carbocycles. The Morgan fingerprint density at radius 3 is 2.82 bits per heavy atom. The molecule has 2 rings (SSSR count). The van der Waals surface area contributed by atoms with Crippen molar-refractivity contribution in [3.8, 4) is 0 Å². The highest BCUT2D eigenvalue weighted by Crippen LogP contribution is 2.22. The van der Waals surface area contributed by atoms with Gasteiger partial charge < -0.3 is 5.11 Å². The molecule has 4 heteroatoms. The van der Waals surface area contributed by atoms with Gasteiger partial charge in [-0.05, 0) is 52.7 Å². The summed E-state index contributed by atoms with van der Waals surface area (Å²) in [5.41, 5.74) is 0. The molecule has 1 nitrogen and oxygen atoms in total. The largest absolute Gasteiger partial charge is 0.393 e. The summed E-state index contributed by atoms with van der Waals surface area (Å²) in [5.74, 6) is 0. The van der Waals surface area contributed by atoms with E-state index in [0.29, 0.717) is 0 Å². The summed E-state index contributed by atoms with van der Waals surface area (Å²) in [6.07, 6.45) is 3.60. The maximum atomic E-state index is 9.94. The number of aliphatic hydroxyl groups is 1. The van der Waals surface area contributed by atoms with E-state index in [1.807, 2.05) is 0 Å². The van der Waals surface area contributed by atoms with Crippen LogP contribution in [0.5, 0.6) is 0 Å². The topological polar surface area (TPSA) is 20.2 Å². The lowest BCUT2D eigenvalue weighted by Gasteiger charge is -2.08. The second-order valence-corrected chi connectivity index (χ2v) is 7.00. The van der Waals surface area contributed by atoms with E-state index >= 15 is 0 Å². The fraction of sp³-hybridized carbons (Fsp3) is 0.385. The highest BCUT2D eigenvalue weighted by atomic mass is 79.9. The first-order chi connectivity index (χ1) is 8.24. The van der Waals surface area contributed by atoms with Crippen LogP contribution in [0.15, 0.2) is 33.4 Å². The third kappa shape index (κ3) is 4.54. The first-order valence-corrected chi connectivity index (χ1v) is 8.22. The minimum Gasteiger partial charge on any atom is -0.393 e. The van der Waals surface area contributed by atoms with Gasteiger partial charge in [-0.3, -0.25) is 0 Å². The van der Waals surface area contributed by atoms with Crippen molar-refractivity contribution in [3.63, 3.8) is 0 Å². The molecule has 0 aliphatic heterocycles. The zero-order valence-corrected chi connectivity index (χ0v) is 12.7. The molecule has 0 fully saturated rings. The van der Waals surface area contributed by atoms with Crippen molar-refractivity contribution in [3.05, 3.63) is 43.2 Å². The lowest BCUT2D eigenvalue weighted by atomic mass is 10.1. The Labute approximate surface area is 118 Å². The van der Waals surface area contributed by atoms with Crippen LogP contribution in [0.2, 0.25) is 0 Å². The summed E-state index contributed by atoms with van der Waals surface area (Å²) in [5, 5.41) is 14.1. The Morgan fingerprint density at radius 2 is 2.18 bits per heavy atom. The third-order valence-electron chi connectivity index (χ3n) is 2.60. The van der Waals surface area contributed by atoms with Gasteiger partial charge in [-0.2, -0.15) is 0 Å². The van der Waals surface area contributed by atoms with Gasteiger partial charge in [0, 0.05) is 26.0 Å². The molecule has 2 aromatic rings. The molecule has 2 aromatic heterocycles. The highest BCUT2D eigenvalue weighted by molar-refractivity contribution is 9.10. The van der Waals surface area contributed by atoms with Gasteiger partial charge in [-0.15, -0.1) is 22.7 Å². The van der Waals surface area contributed by atoms with E-state index in [9.17, 15) is 5.11 Å². The molecule has 0 amide bonds. The Morgan fingerprint density at radius 1 is 1.29 bits per heavy atom. The van der Waals surface area contributed by atoms with E-state index in [0.717, 1.165) is 30.2 Å². The van der Waals surface area contributed by atoms with E-state index in [-0.39, 0.29) is 6.10 Å². The molecule has 0 saturated carbocycles. The van der Waals surface area contributed by atoms with Crippen molar-refractivity contribution in [2.24, 2.45) is 0 Å². The van der Waals surface area contributed by atoms with Crippen molar-refractivity contribution in [2.45, 2.75) is 31.8 Å². The number of rotatable bonds is 6. The van der Waals surface area contributed by atoms with Crippen LogP contribution in [-0.2, 0) is 12.8 Å². The molecule has 0 bridgehead atoms. The van der Waals surface area contributed by atoms with Crippen LogP contribution in [-0.4, -0.2) is 11.2 Å². The van der Waals surface area contributed by atoms with Crippen LogP contribution < -0.4 is 0 Å². The smallest absolute Gasteiger partial charge is 0.0588 e. The summed E-state index contributed by atoms with van der Waals surface area (Å²) < 4.78 is 1.11. The number of halogens is 1. The maximum Gasteiger partial charge on any atom is 0.0588 e. The molecular weight excluding hydrogens is 316 g/mol. The van der Waals surface area contributed by atoms with Crippen molar-refractivity contribution in [2.75, 3.05) is 0 Å². The van der Waals surface area contributed by atoms with Gasteiger partial charge in [0.1, 0.15) is 0 Å². The fourth-order valence-corrected chi connectivity index (χ4v) is 4.04. The average molecular weight is 331 g/mol. The summed E-state index contributed by atoms with van der Waals surface area (Å²) in [6.45, 7) is 0. The summed E-state index contributed by atoms with van der Waals surface area (Å²) in [4.78, 5) is 2.66. The highest BCUT2D eigenvalue weighted by Gasteiger charge is 2.07. The van der Waals surface area contributed by atoms with Crippen LogP contribution in [0.3, 0.4) is 0 Å². The number of hydrogen-bond donors (Lipinski definition) is 1. The molecular formula is C13H15BrOS2. The molecule has 17 heavy (non-hydrogen) atoms. The van der Waals surface area contributed by atoms with Crippen LogP contribution in [0.1, 0.15) is 22.6 Å². The van der Waals surface area contributed by atoms with Crippen LogP contribution in [0.4, 0.5) is 0 Å². The average Bonchev–Trinajstić information content (AvgIpc) is 2.90. The van der Waals surface area contributed by atoms with Crippen molar-refractivity contribution >= 4 is 38.6 Å². The summed E-state index contributed by atoms with van der Waals surface area (Å²) >= 11 is 6.93. The molecule has 0 aromatic carbocycles. The lowest BCUT2D eigenvalue weighted by Crippen LogP contribution is -2.09. The van der Waals surface area contributed by atoms with E-state index in [2.05, 4.69) is 44.9 Å². The first-order valence-electron chi connectivity index (χ1n) is 5.67. The van der Waals surface area contributed by atoms with Crippen molar-refractivity contribution in [1.82, 2.24) is 0 Å². The zero-order chi connectivity index (χ0) is 12.1. The Kier molecular flexibility index (Phi) is 5.22. The van der Waals surface area contributed by atoms with Gasteiger partial charge in [0.15, 0.2) is 0 Å². The fourth-order valence-electron chi connectivity index (χ4n) is 1.76. The van der Waals surface area contributed by atoms with Crippen LogP contribution in [0, 0.1) is 0 Å².